The maximum atomic E-state index is 13.3. The standard InChI is InChI=1S/C24H19BrN2O6S/c1-11-7-13-8-12(3-4-16(13)33-11)20(28)18-19(14-9-15(25)21(29)17(10-14)32-2)27(23(31)22(18)30)24-26-5-6-34-24/h3-6,8-11,19,28-29H,7H2,1-2H3/b20-18+. The smallest absolute Gasteiger partial charge is 0.301 e. The number of Topliss-reactive ketones (excluding diaryl/α,β-unsaturated/α-hetero) is 1. The molecule has 1 saturated heterocycles. The van der Waals surface area contributed by atoms with Crippen molar-refractivity contribution in [1.29, 1.82) is 0 Å². The van der Waals surface area contributed by atoms with Gasteiger partial charge in [0.15, 0.2) is 16.6 Å². The molecule has 3 aromatic rings. The highest BCUT2D eigenvalue weighted by Gasteiger charge is 2.48. The summed E-state index contributed by atoms with van der Waals surface area (Å²) in [6, 6.07) is 7.31. The molecule has 8 nitrogen and oxygen atoms in total. The molecular weight excluding hydrogens is 524 g/mol. The molecule has 0 spiro atoms. The quantitative estimate of drug-likeness (QED) is 0.282. The van der Waals surface area contributed by atoms with Crippen molar-refractivity contribution in [2.45, 2.75) is 25.5 Å². The molecule has 5 rings (SSSR count). The number of aromatic nitrogens is 1. The first kappa shape index (κ1) is 22.4. The molecule has 1 fully saturated rings. The van der Waals surface area contributed by atoms with Crippen molar-refractivity contribution in [3.63, 3.8) is 0 Å². The van der Waals surface area contributed by atoms with E-state index in [0.717, 1.165) is 11.3 Å². The number of hydrogen-bond donors (Lipinski definition) is 2. The van der Waals surface area contributed by atoms with Crippen LogP contribution in [0.2, 0.25) is 0 Å². The lowest BCUT2D eigenvalue weighted by molar-refractivity contribution is -0.132. The van der Waals surface area contributed by atoms with Crippen molar-refractivity contribution >= 4 is 49.8 Å². The fourth-order valence-corrected chi connectivity index (χ4v) is 5.44. The molecule has 1 aromatic heterocycles. The zero-order chi connectivity index (χ0) is 24.1. The average molecular weight is 543 g/mol. The van der Waals surface area contributed by atoms with Gasteiger partial charge < -0.3 is 19.7 Å². The molecule has 2 unspecified atom stereocenters. The zero-order valence-corrected chi connectivity index (χ0v) is 20.5. The van der Waals surface area contributed by atoms with Crippen LogP contribution in [0.4, 0.5) is 5.13 Å². The van der Waals surface area contributed by atoms with E-state index < -0.39 is 17.7 Å². The Kier molecular flexibility index (Phi) is 5.57. The lowest BCUT2D eigenvalue weighted by atomic mass is 9.94. The van der Waals surface area contributed by atoms with E-state index in [1.165, 1.54) is 35.6 Å². The number of aliphatic hydroxyl groups excluding tert-OH is 1. The summed E-state index contributed by atoms with van der Waals surface area (Å²) >= 11 is 4.50. The number of aliphatic hydroxyl groups is 1. The topological polar surface area (TPSA) is 109 Å². The molecular formula is C24H19BrN2O6S. The van der Waals surface area contributed by atoms with E-state index in [-0.39, 0.29) is 28.9 Å². The Balaban J connectivity index is 1.72. The molecule has 2 N–H and O–H groups in total. The Morgan fingerprint density at radius 3 is 2.79 bits per heavy atom. The minimum Gasteiger partial charge on any atom is -0.507 e. The lowest BCUT2D eigenvalue weighted by Crippen LogP contribution is -2.29. The first-order valence-electron chi connectivity index (χ1n) is 10.4. The second-order valence-electron chi connectivity index (χ2n) is 7.99. The van der Waals surface area contributed by atoms with Crippen molar-refractivity contribution in [2.75, 3.05) is 12.0 Å². The molecule has 2 aliphatic heterocycles. The van der Waals surface area contributed by atoms with Crippen molar-refractivity contribution in [3.8, 4) is 17.2 Å². The van der Waals surface area contributed by atoms with Crippen LogP contribution >= 0.6 is 27.3 Å². The summed E-state index contributed by atoms with van der Waals surface area (Å²) in [6.45, 7) is 1.95. The minimum atomic E-state index is -0.986. The van der Waals surface area contributed by atoms with Crippen LogP contribution in [-0.4, -0.2) is 40.1 Å². The molecule has 0 bridgehead atoms. The van der Waals surface area contributed by atoms with Gasteiger partial charge >= 0.3 is 5.91 Å². The molecule has 2 aromatic carbocycles. The van der Waals surface area contributed by atoms with Crippen LogP contribution in [0, 0.1) is 0 Å². The first-order valence-corrected chi connectivity index (χ1v) is 12.0. The Labute approximate surface area is 207 Å². The minimum absolute atomic E-state index is 0.0182. The monoisotopic (exact) mass is 542 g/mol. The van der Waals surface area contributed by atoms with E-state index in [2.05, 4.69) is 20.9 Å². The van der Waals surface area contributed by atoms with Gasteiger partial charge in [-0.05, 0) is 64.3 Å². The van der Waals surface area contributed by atoms with Gasteiger partial charge in [-0.1, -0.05) is 0 Å². The van der Waals surface area contributed by atoms with Gasteiger partial charge in [0.2, 0.25) is 0 Å². The third-order valence-corrected chi connectivity index (χ3v) is 7.20. The SMILES string of the molecule is COc1cc(C2/C(=C(\O)c3ccc4c(c3)CC(C)O4)C(=O)C(=O)N2c2nccs2)cc(Br)c1O. The molecule has 1 amide bonds. The van der Waals surface area contributed by atoms with E-state index >= 15 is 0 Å². The summed E-state index contributed by atoms with van der Waals surface area (Å²) in [4.78, 5) is 31.9. The summed E-state index contributed by atoms with van der Waals surface area (Å²) in [5.41, 5.74) is 1.70. The Morgan fingerprint density at radius 2 is 2.09 bits per heavy atom. The van der Waals surface area contributed by atoms with Crippen molar-refractivity contribution < 1.29 is 29.3 Å². The number of aromatic hydroxyl groups is 1. The number of anilines is 1. The molecule has 0 radical (unpaired) electrons. The van der Waals surface area contributed by atoms with Gasteiger partial charge in [-0.25, -0.2) is 4.98 Å². The van der Waals surface area contributed by atoms with E-state index in [1.807, 2.05) is 6.92 Å². The van der Waals surface area contributed by atoms with Crippen molar-refractivity contribution in [2.24, 2.45) is 0 Å². The molecule has 0 saturated carbocycles. The van der Waals surface area contributed by atoms with E-state index in [1.54, 1.807) is 29.6 Å². The second-order valence-corrected chi connectivity index (χ2v) is 9.72. The number of carbonyl (C=O) groups excluding carboxylic acids is 2. The van der Waals surface area contributed by atoms with Crippen LogP contribution in [-0.2, 0) is 16.0 Å². The highest BCUT2D eigenvalue weighted by Crippen LogP contribution is 2.46. The van der Waals surface area contributed by atoms with Gasteiger partial charge in [-0.15, -0.1) is 11.3 Å². The van der Waals surface area contributed by atoms with Gasteiger partial charge in [0.25, 0.3) is 5.78 Å². The highest BCUT2D eigenvalue weighted by atomic mass is 79.9. The number of phenolic OH excluding ortho intramolecular Hbond substituents is 1. The fraction of sp³-hybridized carbons (Fsp3) is 0.208. The number of nitrogens with zero attached hydrogens (tertiary/aromatic N) is 2. The average Bonchev–Trinajstić information content (AvgIpc) is 3.53. The van der Waals surface area contributed by atoms with Crippen LogP contribution in [0.5, 0.6) is 17.2 Å². The Morgan fingerprint density at radius 1 is 1.29 bits per heavy atom. The van der Waals surface area contributed by atoms with E-state index in [4.69, 9.17) is 9.47 Å². The van der Waals surface area contributed by atoms with Crippen LogP contribution in [0.1, 0.15) is 29.7 Å². The highest BCUT2D eigenvalue weighted by molar-refractivity contribution is 9.10. The van der Waals surface area contributed by atoms with Crippen molar-refractivity contribution in [1.82, 2.24) is 4.98 Å². The molecule has 3 heterocycles. The fourth-order valence-electron chi connectivity index (χ4n) is 4.31. The number of hydrogen-bond acceptors (Lipinski definition) is 8. The summed E-state index contributed by atoms with van der Waals surface area (Å²) in [5, 5.41) is 23.6. The number of halogens is 1. The second kappa shape index (κ2) is 8.44. The zero-order valence-electron chi connectivity index (χ0n) is 18.1. The predicted octanol–water partition coefficient (Wildman–Crippen LogP) is 4.57. The number of phenols is 1. The number of ketones is 1. The molecule has 174 valence electrons. The first-order chi connectivity index (χ1) is 16.3. The van der Waals surface area contributed by atoms with Gasteiger partial charge in [0.05, 0.1) is 23.2 Å². The van der Waals surface area contributed by atoms with Crippen LogP contribution < -0.4 is 14.4 Å². The normalized spacial score (nSPS) is 21.0. The number of methoxy groups -OCH3 is 1. The van der Waals surface area contributed by atoms with Gasteiger partial charge in [0.1, 0.15) is 17.6 Å². The number of benzene rings is 2. The van der Waals surface area contributed by atoms with Gasteiger partial charge in [-0.3, -0.25) is 14.5 Å². The third kappa shape index (κ3) is 3.54. The molecule has 10 heteroatoms. The van der Waals surface area contributed by atoms with E-state index in [9.17, 15) is 19.8 Å². The largest absolute Gasteiger partial charge is 0.507 e. The summed E-state index contributed by atoms with van der Waals surface area (Å²) < 4.78 is 11.3. The van der Waals surface area contributed by atoms with Crippen molar-refractivity contribution in [3.05, 3.63) is 68.6 Å². The Bertz CT molecular complexity index is 1350. The molecule has 2 aliphatic rings. The summed E-state index contributed by atoms with van der Waals surface area (Å²) in [5.74, 6) is -1.17. The predicted molar refractivity (Wildman–Crippen MR) is 129 cm³/mol. The molecule has 2 atom stereocenters. The maximum Gasteiger partial charge on any atom is 0.301 e. The molecule has 0 aliphatic carbocycles. The third-order valence-electron chi connectivity index (χ3n) is 5.83. The van der Waals surface area contributed by atoms with Crippen LogP contribution in [0.25, 0.3) is 5.76 Å². The van der Waals surface area contributed by atoms with E-state index in [0.29, 0.717) is 27.2 Å². The van der Waals surface area contributed by atoms with Crippen LogP contribution in [0.3, 0.4) is 0 Å². The Hall–Kier alpha value is -3.37. The van der Waals surface area contributed by atoms with Gasteiger partial charge in [0, 0.05) is 23.6 Å². The number of thiazole rings is 1. The number of fused-ring (bicyclic) bond motifs is 1. The van der Waals surface area contributed by atoms with Gasteiger partial charge in [-0.2, -0.15) is 0 Å². The lowest BCUT2D eigenvalue weighted by Gasteiger charge is -2.24. The number of ether oxygens (including phenoxy) is 2. The molecule has 34 heavy (non-hydrogen) atoms. The number of carbonyl (C=O) groups is 2. The summed E-state index contributed by atoms with van der Waals surface area (Å²) in [6.07, 6.45) is 2.23. The van der Waals surface area contributed by atoms with Crippen LogP contribution in [0.15, 0.2) is 52.0 Å². The number of rotatable bonds is 4. The summed E-state index contributed by atoms with van der Waals surface area (Å²) in [7, 11) is 1.40. The number of amides is 1. The maximum absolute atomic E-state index is 13.3.